The number of hydrogen-bond donors (Lipinski definition) is 1. The maximum Gasteiger partial charge on any atom is 0.308 e. The van der Waals surface area contributed by atoms with Crippen LogP contribution in [0.1, 0.15) is 25.8 Å². The van der Waals surface area contributed by atoms with E-state index >= 15 is 0 Å². The largest absolute Gasteiger partial charge is 0.427 e. The van der Waals surface area contributed by atoms with E-state index in [1.807, 2.05) is 19.1 Å². The molecule has 1 fully saturated rings. The molecule has 1 aliphatic rings. The highest BCUT2D eigenvalue weighted by Gasteiger charge is 2.39. The minimum Gasteiger partial charge on any atom is -0.427 e. The van der Waals surface area contributed by atoms with Crippen LogP contribution in [-0.4, -0.2) is 36.1 Å². The Morgan fingerprint density at radius 3 is 2.89 bits per heavy atom. The van der Waals surface area contributed by atoms with Crippen LogP contribution in [0.4, 0.5) is 0 Å². The number of aliphatic hydroxyl groups is 1. The minimum absolute atomic E-state index is 0.138. The molecule has 0 radical (unpaired) electrons. The molecule has 104 valence electrons. The van der Waals surface area contributed by atoms with E-state index in [0.717, 1.165) is 18.7 Å². The third-order valence-electron chi connectivity index (χ3n) is 3.87. The molecule has 0 aromatic heterocycles. The normalized spacial score (nSPS) is 28.1. The van der Waals surface area contributed by atoms with E-state index in [9.17, 15) is 9.90 Å². The van der Waals surface area contributed by atoms with Gasteiger partial charge in [-0.25, -0.2) is 0 Å². The molecule has 1 aliphatic heterocycles. The van der Waals surface area contributed by atoms with Gasteiger partial charge in [0.1, 0.15) is 5.75 Å². The Morgan fingerprint density at radius 2 is 2.26 bits per heavy atom. The van der Waals surface area contributed by atoms with Crippen molar-refractivity contribution < 1.29 is 14.6 Å². The molecule has 0 amide bonds. The molecule has 0 bridgehead atoms. The number of piperidine rings is 1. The van der Waals surface area contributed by atoms with Gasteiger partial charge >= 0.3 is 5.97 Å². The number of nitrogens with zero attached hydrogens (tertiary/aromatic N) is 1. The van der Waals surface area contributed by atoms with E-state index in [1.165, 1.54) is 6.92 Å². The Balaban J connectivity index is 2.27. The lowest BCUT2D eigenvalue weighted by molar-refractivity contribution is -0.131. The molecule has 0 unspecified atom stereocenters. The van der Waals surface area contributed by atoms with Crippen LogP contribution in [0.3, 0.4) is 0 Å². The number of ether oxygens (including phenoxy) is 1. The maximum absolute atomic E-state index is 11.0. The average molecular weight is 263 g/mol. The van der Waals surface area contributed by atoms with Gasteiger partial charge in [0.15, 0.2) is 0 Å². The predicted octanol–water partition coefficient (Wildman–Crippen LogP) is 1.77. The predicted molar refractivity (Wildman–Crippen MR) is 72.9 cm³/mol. The summed E-state index contributed by atoms with van der Waals surface area (Å²) in [4.78, 5) is 13.2. The zero-order chi connectivity index (χ0) is 14.0. The first-order chi connectivity index (χ1) is 8.91. The second-order valence-electron chi connectivity index (χ2n) is 5.46. The van der Waals surface area contributed by atoms with Gasteiger partial charge in [0.25, 0.3) is 0 Å². The molecule has 1 aromatic rings. The quantitative estimate of drug-likeness (QED) is 0.652. The third-order valence-corrected chi connectivity index (χ3v) is 3.87. The zero-order valence-electron chi connectivity index (χ0n) is 11.7. The van der Waals surface area contributed by atoms with Crippen molar-refractivity contribution in [2.75, 3.05) is 20.1 Å². The van der Waals surface area contributed by atoms with E-state index in [0.29, 0.717) is 12.2 Å². The molecule has 0 aliphatic carbocycles. The van der Waals surface area contributed by atoms with Gasteiger partial charge in [-0.05, 0) is 31.2 Å². The first-order valence-electron chi connectivity index (χ1n) is 6.61. The SMILES string of the molecule is CC(=O)Oc1cccc([C@@]2(O)CCN(C)C[C@@H]2C)c1. The lowest BCUT2D eigenvalue weighted by atomic mass is 9.77. The molecule has 4 heteroatoms. The van der Waals surface area contributed by atoms with Crippen LogP contribution in [0, 0.1) is 5.92 Å². The Morgan fingerprint density at radius 1 is 1.53 bits per heavy atom. The average Bonchev–Trinajstić information content (AvgIpc) is 2.34. The van der Waals surface area contributed by atoms with Crippen molar-refractivity contribution >= 4 is 5.97 Å². The summed E-state index contributed by atoms with van der Waals surface area (Å²) in [7, 11) is 2.06. The molecule has 19 heavy (non-hydrogen) atoms. The molecule has 1 N–H and O–H groups in total. The molecule has 0 saturated carbocycles. The molecule has 0 spiro atoms. The summed E-state index contributed by atoms with van der Waals surface area (Å²) < 4.78 is 5.09. The van der Waals surface area contributed by atoms with E-state index in [2.05, 4.69) is 11.9 Å². The fourth-order valence-electron chi connectivity index (χ4n) is 2.74. The van der Waals surface area contributed by atoms with Crippen LogP contribution in [0.5, 0.6) is 5.75 Å². The number of benzene rings is 1. The van der Waals surface area contributed by atoms with Gasteiger partial charge < -0.3 is 14.7 Å². The summed E-state index contributed by atoms with van der Waals surface area (Å²) in [5.41, 5.74) is -0.0188. The van der Waals surface area contributed by atoms with Crippen molar-refractivity contribution in [3.05, 3.63) is 29.8 Å². The molecule has 2 atom stereocenters. The van der Waals surface area contributed by atoms with Crippen LogP contribution in [0.15, 0.2) is 24.3 Å². The van der Waals surface area contributed by atoms with Crippen LogP contribution >= 0.6 is 0 Å². The first-order valence-corrected chi connectivity index (χ1v) is 6.61. The lowest BCUT2D eigenvalue weighted by Gasteiger charge is -2.42. The molecule has 4 nitrogen and oxygen atoms in total. The number of hydrogen-bond acceptors (Lipinski definition) is 4. The standard InChI is InChI=1S/C15H21NO3/c1-11-10-16(3)8-7-15(11,18)13-5-4-6-14(9-13)19-12(2)17/h4-6,9,11,18H,7-8,10H2,1-3H3/t11-,15+/m0/s1. The van der Waals surface area contributed by atoms with Gasteiger partial charge in [0.05, 0.1) is 5.60 Å². The monoisotopic (exact) mass is 263 g/mol. The third kappa shape index (κ3) is 2.96. The Bertz CT molecular complexity index is 474. The number of carbonyl (C=O) groups is 1. The maximum atomic E-state index is 11.0. The number of esters is 1. The minimum atomic E-state index is -0.845. The van der Waals surface area contributed by atoms with Crippen molar-refractivity contribution in [2.24, 2.45) is 5.92 Å². The number of carbonyl (C=O) groups excluding carboxylic acids is 1. The topological polar surface area (TPSA) is 49.8 Å². The fraction of sp³-hybridized carbons (Fsp3) is 0.533. The highest BCUT2D eigenvalue weighted by atomic mass is 16.5. The van der Waals surface area contributed by atoms with Gasteiger partial charge in [-0.15, -0.1) is 0 Å². The van der Waals surface area contributed by atoms with Gasteiger partial charge in [-0.2, -0.15) is 0 Å². The summed E-state index contributed by atoms with van der Waals surface area (Å²) in [6.45, 7) is 5.14. The molecule has 2 rings (SSSR count). The number of likely N-dealkylation sites (tertiary alicyclic amines) is 1. The van der Waals surface area contributed by atoms with Crippen LogP contribution in [0.25, 0.3) is 0 Å². The van der Waals surface area contributed by atoms with Gasteiger partial charge in [0, 0.05) is 25.9 Å². The smallest absolute Gasteiger partial charge is 0.308 e. The lowest BCUT2D eigenvalue weighted by Crippen LogP contribution is -2.47. The summed E-state index contributed by atoms with van der Waals surface area (Å²) in [5, 5.41) is 10.9. The molecule has 1 aromatic carbocycles. The molecule has 1 heterocycles. The summed E-state index contributed by atoms with van der Waals surface area (Å²) >= 11 is 0. The summed E-state index contributed by atoms with van der Waals surface area (Å²) in [6, 6.07) is 7.21. The summed E-state index contributed by atoms with van der Waals surface area (Å²) in [6.07, 6.45) is 0.689. The van der Waals surface area contributed by atoms with Crippen molar-refractivity contribution in [1.29, 1.82) is 0 Å². The highest BCUT2D eigenvalue weighted by molar-refractivity contribution is 5.69. The highest BCUT2D eigenvalue weighted by Crippen LogP contribution is 2.37. The van der Waals surface area contributed by atoms with E-state index in [1.54, 1.807) is 12.1 Å². The zero-order valence-corrected chi connectivity index (χ0v) is 11.7. The summed E-state index contributed by atoms with van der Waals surface area (Å²) in [5.74, 6) is 0.281. The Kier molecular flexibility index (Phi) is 3.92. The Hall–Kier alpha value is -1.39. The Labute approximate surface area is 114 Å². The number of rotatable bonds is 2. The van der Waals surface area contributed by atoms with Gasteiger partial charge in [0.2, 0.25) is 0 Å². The van der Waals surface area contributed by atoms with Crippen molar-refractivity contribution in [3.8, 4) is 5.75 Å². The van der Waals surface area contributed by atoms with Crippen LogP contribution in [-0.2, 0) is 10.4 Å². The fourth-order valence-corrected chi connectivity index (χ4v) is 2.74. The van der Waals surface area contributed by atoms with Gasteiger partial charge in [-0.3, -0.25) is 4.79 Å². The van der Waals surface area contributed by atoms with Gasteiger partial charge in [-0.1, -0.05) is 19.1 Å². The molecule has 1 saturated heterocycles. The van der Waals surface area contributed by atoms with E-state index in [4.69, 9.17) is 4.74 Å². The van der Waals surface area contributed by atoms with Crippen molar-refractivity contribution in [2.45, 2.75) is 25.9 Å². The second-order valence-corrected chi connectivity index (χ2v) is 5.46. The first kappa shape index (κ1) is 14.0. The van der Waals surface area contributed by atoms with E-state index < -0.39 is 5.60 Å². The van der Waals surface area contributed by atoms with Crippen LogP contribution in [0.2, 0.25) is 0 Å². The van der Waals surface area contributed by atoms with Crippen molar-refractivity contribution in [3.63, 3.8) is 0 Å². The molecular weight excluding hydrogens is 242 g/mol. The molecular formula is C15H21NO3. The second kappa shape index (κ2) is 5.31. The van der Waals surface area contributed by atoms with Crippen molar-refractivity contribution in [1.82, 2.24) is 4.90 Å². The van der Waals surface area contributed by atoms with E-state index in [-0.39, 0.29) is 11.9 Å². The van der Waals surface area contributed by atoms with Crippen LogP contribution < -0.4 is 4.74 Å².